The van der Waals surface area contributed by atoms with Crippen LogP contribution in [0.3, 0.4) is 0 Å². The zero-order chi connectivity index (χ0) is 14.9. The number of aromatic nitrogens is 1. The van der Waals surface area contributed by atoms with E-state index < -0.39 is 11.7 Å². The second-order valence-electron chi connectivity index (χ2n) is 4.57. The van der Waals surface area contributed by atoms with Gasteiger partial charge in [-0.1, -0.05) is 18.2 Å². The van der Waals surface area contributed by atoms with Gasteiger partial charge in [-0.3, -0.25) is 0 Å². The number of nitrogens with two attached hydrogens (primary N) is 1. The molecule has 0 radical (unpaired) electrons. The fourth-order valence-electron chi connectivity index (χ4n) is 1.91. The third-order valence-electron chi connectivity index (χ3n) is 2.87. The van der Waals surface area contributed by atoms with E-state index in [0.717, 1.165) is 12.3 Å². The number of halogens is 3. The van der Waals surface area contributed by atoms with E-state index in [9.17, 15) is 13.2 Å². The normalized spacial score (nSPS) is 11.4. The van der Waals surface area contributed by atoms with E-state index in [1.54, 1.807) is 43.3 Å². The highest BCUT2D eigenvalue weighted by Gasteiger charge is 2.32. The number of alkyl halides is 3. The quantitative estimate of drug-likeness (QED) is 0.858. The molecule has 0 spiro atoms. The first-order chi connectivity index (χ1) is 9.30. The van der Waals surface area contributed by atoms with E-state index in [0.29, 0.717) is 22.6 Å². The SMILES string of the molecule is CN(C)c1ncc(C(F)(F)F)cc1-c1ccccc1N. The predicted molar refractivity (Wildman–Crippen MR) is 73.4 cm³/mol. The average Bonchev–Trinajstić information content (AvgIpc) is 2.37. The maximum absolute atomic E-state index is 12.8. The van der Waals surface area contributed by atoms with Crippen LogP contribution in [0.25, 0.3) is 11.1 Å². The number of benzene rings is 1. The maximum Gasteiger partial charge on any atom is 0.417 e. The number of anilines is 2. The van der Waals surface area contributed by atoms with Gasteiger partial charge in [0.15, 0.2) is 0 Å². The van der Waals surface area contributed by atoms with Crippen LogP contribution in [-0.4, -0.2) is 19.1 Å². The summed E-state index contributed by atoms with van der Waals surface area (Å²) in [7, 11) is 3.44. The van der Waals surface area contributed by atoms with Gasteiger partial charge in [0.2, 0.25) is 0 Å². The van der Waals surface area contributed by atoms with Crippen molar-refractivity contribution >= 4 is 11.5 Å². The van der Waals surface area contributed by atoms with Crippen molar-refractivity contribution < 1.29 is 13.2 Å². The summed E-state index contributed by atoms with van der Waals surface area (Å²) >= 11 is 0. The van der Waals surface area contributed by atoms with Crippen LogP contribution >= 0.6 is 0 Å². The third kappa shape index (κ3) is 2.68. The van der Waals surface area contributed by atoms with Crippen molar-refractivity contribution in [2.75, 3.05) is 24.7 Å². The molecule has 1 heterocycles. The highest BCUT2D eigenvalue weighted by molar-refractivity contribution is 5.84. The Balaban J connectivity index is 2.68. The molecular formula is C14H14F3N3. The molecule has 2 aromatic rings. The van der Waals surface area contributed by atoms with E-state index in [1.807, 2.05) is 0 Å². The number of hydrogen-bond donors (Lipinski definition) is 1. The molecular weight excluding hydrogens is 267 g/mol. The van der Waals surface area contributed by atoms with Crippen molar-refractivity contribution in [1.29, 1.82) is 0 Å². The monoisotopic (exact) mass is 281 g/mol. The fourth-order valence-corrected chi connectivity index (χ4v) is 1.91. The Hall–Kier alpha value is -2.24. The molecule has 1 aromatic carbocycles. The van der Waals surface area contributed by atoms with Gasteiger partial charge >= 0.3 is 6.18 Å². The van der Waals surface area contributed by atoms with Gasteiger partial charge in [-0.05, 0) is 12.1 Å². The van der Waals surface area contributed by atoms with Crippen molar-refractivity contribution in [1.82, 2.24) is 4.98 Å². The molecule has 0 bridgehead atoms. The number of pyridine rings is 1. The minimum atomic E-state index is -4.43. The molecule has 6 heteroatoms. The molecule has 0 saturated heterocycles. The van der Waals surface area contributed by atoms with Crippen LogP contribution in [0, 0.1) is 0 Å². The second kappa shape index (κ2) is 5.03. The Morgan fingerprint density at radius 2 is 1.75 bits per heavy atom. The molecule has 0 amide bonds. The van der Waals surface area contributed by atoms with Gasteiger partial charge in [0, 0.05) is 37.1 Å². The van der Waals surface area contributed by atoms with Gasteiger partial charge < -0.3 is 10.6 Å². The smallest absolute Gasteiger partial charge is 0.398 e. The molecule has 2 N–H and O–H groups in total. The molecule has 0 aliphatic heterocycles. The number of para-hydroxylation sites is 1. The summed E-state index contributed by atoms with van der Waals surface area (Å²) in [5.41, 5.74) is 6.38. The molecule has 0 atom stereocenters. The van der Waals surface area contributed by atoms with Crippen molar-refractivity contribution in [2.45, 2.75) is 6.18 Å². The zero-order valence-electron chi connectivity index (χ0n) is 11.1. The lowest BCUT2D eigenvalue weighted by atomic mass is 10.0. The van der Waals surface area contributed by atoms with Crippen LogP contribution in [0.15, 0.2) is 36.5 Å². The highest BCUT2D eigenvalue weighted by atomic mass is 19.4. The molecule has 0 unspecified atom stereocenters. The lowest BCUT2D eigenvalue weighted by Crippen LogP contribution is -2.14. The Labute approximate surface area is 114 Å². The summed E-state index contributed by atoms with van der Waals surface area (Å²) < 4.78 is 38.5. The third-order valence-corrected chi connectivity index (χ3v) is 2.87. The molecule has 0 aliphatic carbocycles. The first kappa shape index (κ1) is 14.2. The van der Waals surface area contributed by atoms with E-state index in [1.165, 1.54) is 0 Å². The number of hydrogen-bond acceptors (Lipinski definition) is 3. The van der Waals surface area contributed by atoms with Gasteiger partial charge in [0.05, 0.1) is 5.56 Å². The Bertz CT molecular complexity index is 621. The molecule has 0 saturated carbocycles. The topological polar surface area (TPSA) is 42.2 Å². The lowest BCUT2D eigenvalue weighted by Gasteiger charge is -2.19. The lowest BCUT2D eigenvalue weighted by molar-refractivity contribution is -0.137. The minimum Gasteiger partial charge on any atom is -0.398 e. The number of nitrogen functional groups attached to an aromatic ring is 1. The van der Waals surface area contributed by atoms with Crippen LogP contribution in [0.4, 0.5) is 24.7 Å². The Kier molecular flexibility index (Phi) is 3.57. The molecule has 106 valence electrons. The van der Waals surface area contributed by atoms with Crippen LogP contribution in [-0.2, 0) is 6.18 Å². The molecule has 0 aliphatic rings. The van der Waals surface area contributed by atoms with E-state index in [4.69, 9.17) is 5.73 Å². The summed E-state index contributed by atoms with van der Waals surface area (Å²) in [6.45, 7) is 0. The Morgan fingerprint density at radius 3 is 2.30 bits per heavy atom. The van der Waals surface area contributed by atoms with Crippen molar-refractivity contribution in [3.8, 4) is 11.1 Å². The van der Waals surface area contributed by atoms with E-state index in [-0.39, 0.29) is 0 Å². The Morgan fingerprint density at radius 1 is 1.10 bits per heavy atom. The maximum atomic E-state index is 12.8. The van der Waals surface area contributed by atoms with Gasteiger partial charge in [0.25, 0.3) is 0 Å². The zero-order valence-corrected chi connectivity index (χ0v) is 11.1. The van der Waals surface area contributed by atoms with Crippen LogP contribution < -0.4 is 10.6 Å². The van der Waals surface area contributed by atoms with Gasteiger partial charge in [-0.25, -0.2) is 4.98 Å². The molecule has 2 rings (SSSR count). The summed E-state index contributed by atoms with van der Waals surface area (Å²) in [6, 6.07) is 7.86. The summed E-state index contributed by atoms with van der Waals surface area (Å²) in [4.78, 5) is 5.57. The van der Waals surface area contributed by atoms with Crippen LogP contribution in [0.1, 0.15) is 5.56 Å². The molecule has 3 nitrogen and oxygen atoms in total. The average molecular weight is 281 g/mol. The van der Waals surface area contributed by atoms with Crippen LogP contribution in [0.5, 0.6) is 0 Å². The van der Waals surface area contributed by atoms with Gasteiger partial charge in [-0.2, -0.15) is 13.2 Å². The summed E-state index contributed by atoms with van der Waals surface area (Å²) in [6.07, 6.45) is -3.60. The highest BCUT2D eigenvalue weighted by Crippen LogP contribution is 2.37. The number of nitrogens with zero attached hydrogens (tertiary/aromatic N) is 2. The van der Waals surface area contributed by atoms with Gasteiger partial charge in [-0.15, -0.1) is 0 Å². The van der Waals surface area contributed by atoms with Gasteiger partial charge in [0.1, 0.15) is 5.82 Å². The van der Waals surface area contributed by atoms with Crippen molar-refractivity contribution in [3.05, 3.63) is 42.1 Å². The van der Waals surface area contributed by atoms with E-state index >= 15 is 0 Å². The largest absolute Gasteiger partial charge is 0.417 e. The minimum absolute atomic E-state index is 0.364. The standard InChI is InChI=1S/C14H14F3N3/c1-20(2)13-11(10-5-3-4-6-12(10)18)7-9(8-19-13)14(15,16)17/h3-8H,18H2,1-2H3. The first-order valence-electron chi connectivity index (χ1n) is 5.90. The molecule has 1 aromatic heterocycles. The van der Waals surface area contributed by atoms with Crippen molar-refractivity contribution in [3.63, 3.8) is 0 Å². The first-order valence-corrected chi connectivity index (χ1v) is 5.90. The van der Waals surface area contributed by atoms with E-state index in [2.05, 4.69) is 4.98 Å². The molecule has 20 heavy (non-hydrogen) atoms. The predicted octanol–water partition coefficient (Wildman–Crippen LogP) is 3.42. The number of rotatable bonds is 2. The van der Waals surface area contributed by atoms with Crippen LogP contribution in [0.2, 0.25) is 0 Å². The summed E-state index contributed by atoms with van der Waals surface area (Å²) in [5, 5.41) is 0. The molecule has 0 fully saturated rings. The summed E-state index contributed by atoms with van der Waals surface area (Å²) in [5.74, 6) is 0.441. The fraction of sp³-hybridized carbons (Fsp3) is 0.214. The second-order valence-corrected chi connectivity index (χ2v) is 4.57. The van der Waals surface area contributed by atoms with Crippen molar-refractivity contribution in [2.24, 2.45) is 0 Å².